The molecule has 2 rings (SSSR count). The van der Waals surface area contributed by atoms with Crippen LogP contribution in [-0.2, 0) is 6.54 Å². The summed E-state index contributed by atoms with van der Waals surface area (Å²) in [5, 5.41) is 9.47. The van der Waals surface area contributed by atoms with E-state index in [9.17, 15) is 5.11 Å². The number of benzene rings is 1. The molecule has 1 heterocycles. The number of hydrogen-bond acceptors (Lipinski definition) is 4. The Labute approximate surface area is 115 Å². The molecule has 0 aliphatic carbocycles. The van der Waals surface area contributed by atoms with Crippen LogP contribution < -0.4 is 4.74 Å². The van der Waals surface area contributed by atoms with E-state index in [0.717, 1.165) is 44.0 Å². The fourth-order valence-corrected chi connectivity index (χ4v) is 2.59. The zero-order valence-corrected chi connectivity index (χ0v) is 11.9. The molecule has 19 heavy (non-hydrogen) atoms. The van der Waals surface area contributed by atoms with Crippen molar-refractivity contribution in [1.82, 2.24) is 9.80 Å². The maximum absolute atomic E-state index is 9.47. The van der Waals surface area contributed by atoms with Crippen molar-refractivity contribution in [2.75, 3.05) is 39.8 Å². The highest BCUT2D eigenvalue weighted by Gasteiger charge is 2.17. The van der Waals surface area contributed by atoms with Gasteiger partial charge in [-0.05, 0) is 19.0 Å². The molecule has 0 amide bonds. The molecule has 1 saturated heterocycles. The molecule has 0 spiro atoms. The first-order valence-electron chi connectivity index (χ1n) is 7.03. The Kier molecular flexibility index (Phi) is 5.05. The van der Waals surface area contributed by atoms with Gasteiger partial charge in [0.25, 0.3) is 0 Å². The van der Waals surface area contributed by atoms with E-state index in [1.54, 1.807) is 19.2 Å². The smallest absolute Gasteiger partial charge is 0.127 e. The number of rotatable bonds is 5. The molecule has 4 heteroatoms. The fraction of sp³-hybridized carbons (Fsp3) is 0.600. The second kappa shape index (κ2) is 6.78. The molecule has 4 nitrogen and oxygen atoms in total. The van der Waals surface area contributed by atoms with Crippen LogP contribution in [0.3, 0.4) is 0 Å². The Bertz CT molecular complexity index is 401. The van der Waals surface area contributed by atoms with Gasteiger partial charge in [-0.2, -0.15) is 0 Å². The van der Waals surface area contributed by atoms with Gasteiger partial charge in [-0.25, -0.2) is 0 Å². The zero-order valence-electron chi connectivity index (χ0n) is 11.9. The molecule has 1 fully saturated rings. The van der Waals surface area contributed by atoms with E-state index >= 15 is 0 Å². The Morgan fingerprint density at radius 3 is 2.47 bits per heavy atom. The number of phenolic OH excluding ortho intramolecular Hbond substituents is 1. The van der Waals surface area contributed by atoms with Crippen molar-refractivity contribution in [3.05, 3.63) is 23.8 Å². The minimum absolute atomic E-state index is 0.258. The monoisotopic (exact) mass is 264 g/mol. The summed E-state index contributed by atoms with van der Waals surface area (Å²) >= 11 is 0. The van der Waals surface area contributed by atoms with Crippen LogP contribution in [0.25, 0.3) is 0 Å². The van der Waals surface area contributed by atoms with Gasteiger partial charge in [-0.3, -0.25) is 4.90 Å². The third-order valence-electron chi connectivity index (χ3n) is 3.67. The average molecular weight is 264 g/mol. The lowest BCUT2D eigenvalue weighted by Crippen LogP contribution is -2.46. The van der Waals surface area contributed by atoms with E-state index in [0.29, 0.717) is 0 Å². The highest BCUT2D eigenvalue weighted by molar-refractivity contribution is 5.40. The van der Waals surface area contributed by atoms with Gasteiger partial charge < -0.3 is 14.7 Å². The van der Waals surface area contributed by atoms with E-state index in [1.165, 1.54) is 13.0 Å². The van der Waals surface area contributed by atoms with Gasteiger partial charge in [-0.15, -0.1) is 0 Å². The van der Waals surface area contributed by atoms with Gasteiger partial charge in [0.1, 0.15) is 11.5 Å². The second-order valence-electron chi connectivity index (χ2n) is 5.11. The third-order valence-corrected chi connectivity index (χ3v) is 3.67. The molecule has 1 aliphatic heterocycles. The lowest BCUT2D eigenvalue weighted by atomic mass is 10.1. The molecule has 0 saturated carbocycles. The van der Waals surface area contributed by atoms with E-state index < -0.39 is 0 Å². The normalized spacial score (nSPS) is 17.6. The predicted molar refractivity (Wildman–Crippen MR) is 76.7 cm³/mol. The summed E-state index contributed by atoms with van der Waals surface area (Å²) in [6, 6.07) is 5.36. The summed E-state index contributed by atoms with van der Waals surface area (Å²) in [5.74, 6) is 1.03. The van der Waals surface area contributed by atoms with E-state index in [4.69, 9.17) is 4.74 Å². The molecule has 0 atom stereocenters. The Morgan fingerprint density at radius 2 is 1.84 bits per heavy atom. The van der Waals surface area contributed by atoms with E-state index in [2.05, 4.69) is 16.7 Å². The first kappa shape index (κ1) is 14.2. The molecule has 0 aromatic heterocycles. The minimum Gasteiger partial charge on any atom is -0.508 e. The quantitative estimate of drug-likeness (QED) is 0.881. The topological polar surface area (TPSA) is 35.9 Å². The minimum atomic E-state index is 0.258. The first-order valence-corrected chi connectivity index (χ1v) is 7.03. The van der Waals surface area contributed by atoms with Crippen molar-refractivity contribution >= 4 is 0 Å². The molecule has 0 bridgehead atoms. The summed E-state index contributed by atoms with van der Waals surface area (Å²) in [7, 11) is 1.65. The van der Waals surface area contributed by atoms with Crippen molar-refractivity contribution < 1.29 is 9.84 Å². The second-order valence-corrected chi connectivity index (χ2v) is 5.11. The van der Waals surface area contributed by atoms with E-state index in [-0.39, 0.29) is 5.75 Å². The third kappa shape index (κ3) is 3.85. The first-order chi connectivity index (χ1) is 9.22. The number of hydrogen-bond donors (Lipinski definition) is 1. The van der Waals surface area contributed by atoms with E-state index in [1.807, 2.05) is 6.07 Å². The van der Waals surface area contributed by atoms with Crippen LogP contribution in [0.1, 0.15) is 18.9 Å². The zero-order chi connectivity index (χ0) is 13.7. The predicted octanol–water partition coefficient (Wildman–Crippen LogP) is 1.93. The number of phenols is 1. The highest BCUT2D eigenvalue weighted by atomic mass is 16.5. The largest absolute Gasteiger partial charge is 0.508 e. The van der Waals surface area contributed by atoms with Crippen molar-refractivity contribution in [1.29, 1.82) is 0 Å². The van der Waals surface area contributed by atoms with Gasteiger partial charge in [0, 0.05) is 44.4 Å². The SMILES string of the molecule is CCCN1CCN(Cc2ccc(O)cc2OC)CC1. The summed E-state index contributed by atoms with van der Waals surface area (Å²) in [4.78, 5) is 4.96. The van der Waals surface area contributed by atoms with Crippen LogP contribution in [-0.4, -0.2) is 54.7 Å². The van der Waals surface area contributed by atoms with Crippen molar-refractivity contribution in [3.63, 3.8) is 0 Å². The van der Waals surface area contributed by atoms with Gasteiger partial charge in [0.05, 0.1) is 7.11 Å². The molecule has 0 radical (unpaired) electrons. The Hall–Kier alpha value is -1.26. The highest BCUT2D eigenvalue weighted by Crippen LogP contribution is 2.25. The van der Waals surface area contributed by atoms with Crippen molar-refractivity contribution in [3.8, 4) is 11.5 Å². The summed E-state index contributed by atoms with van der Waals surface area (Å²) in [6.07, 6.45) is 1.23. The number of piperazine rings is 1. The number of ether oxygens (including phenoxy) is 1. The Balaban J connectivity index is 1.92. The van der Waals surface area contributed by atoms with Gasteiger partial charge in [0.2, 0.25) is 0 Å². The molecule has 1 aliphatic rings. The van der Waals surface area contributed by atoms with Gasteiger partial charge >= 0.3 is 0 Å². The van der Waals surface area contributed by atoms with Crippen LogP contribution in [0, 0.1) is 0 Å². The summed E-state index contributed by atoms with van der Waals surface area (Å²) in [6.45, 7) is 8.82. The molecule has 0 unspecified atom stereocenters. The number of methoxy groups -OCH3 is 1. The van der Waals surface area contributed by atoms with Crippen LogP contribution >= 0.6 is 0 Å². The maximum atomic E-state index is 9.47. The molecular formula is C15H24N2O2. The molecular weight excluding hydrogens is 240 g/mol. The molecule has 1 N–H and O–H groups in total. The fourth-order valence-electron chi connectivity index (χ4n) is 2.59. The average Bonchev–Trinajstić information content (AvgIpc) is 2.43. The molecule has 106 valence electrons. The number of nitrogens with zero attached hydrogens (tertiary/aromatic N) is 2. The standard InChI is InChI=1S/C15H24N2O2/c1-3-6-16-7-9-17(10-8-16)12-13-4-5-14(18)11-15(13)19-2/h4-5,11,18H,3,6-10,12H2,1-2H3. The van der Waals surface area contributed by atoms with Gasteiger partial charge in [0.15, 0.2) is 0 Å². The molecule has 1 aromatic rings. The van der Waals surface area contributed by atoms with Crippen LogP contribution in [0.4, 0.5) is 0 Å². The van der Waals surface area contributed by atoms with Crippen molar-refractivity contribution in [2.45, 2.75) is 19.9 Å². The summed E-state index contributed by atoms with van der Waals surface area (Å²) in [5.41, 5.74) is 1.14. The van der Waals surface area contributed by atoms with Gasteiger partial charge in [-0.1, -0.05) is 13.0 Å². The maximum Gasteiger partial charge on any atom is 0.127 e. The lowest BCUT2D eigenvalue weighted by Gasteiger charge is -2.34. The van der Waals surface area contributed by atoms with Crippen molar-refractivity contribution in [2.24, 2.45) is 0 Å². The molecule has 1 aromatic carbocycles. The summed E-state index contributed by atoms with van der Waals surface area (Å²) < 4.78 is 5.33. The van der Waals surface area contributed by atoms with Crippen LogP contribution in [0.15, 0.2) is 18.2 Å². The van der Waals surface area contributed by atoms with Crippen LogP contribution in [0.2, 0.25) is 0 Å². The number of aromatic hydroxyl groups is 1. The van der Waals surface area contributed by atoms with Crippen LogP contribution in [0.5, 0.6) is 11.5 Å². The Morgan fingerprint density at radius 1 is 1.16 bits per heavy atom. The lowest BCUT2D eigenvalue weighted by molar-refractivity contribution is 0.126.